The number of nitro groups is 1. The molecule has 0 amide bonds. The Hall–Kier alpha value is -4.01. The van der Waals surface area contributed by atoms with Crippen molar-refractivity contribution in [3.05, 3.63) is 75.0 Å². The Morgan fingerprint density at radius 3 is 2.56 bits per heavy atom. The maximum Gasteiger partial charge on any atom is 0.315 e. The van der Waals surface area contributed by atoms with Gasteiger partial charge in [-0.25, -0.2) is 0 Å². The molecule has 2 atom stereocenters. The molecule has 0 radical (unpaired) electrons. The molecule has 4 rings (SSSR count). The zero-order valence-corrected chi connectivity index (χ0v) is 20.5. The summed E-state index contributed by atoms with van der Waals surface area (Å²) in [6, 6.07) is 11.5. The lowest BCUT2D eigenvalue weighted by Gasteiger charge is -2.34. The molecule has 9 nitrogen and oxygen atoms in total. The Bertz CT molecular complexity index is 1250. The topological polar surface area (TPSA) is 117 Å². The summed E-state index contributed by atoms with van der Waals surface area (Å²) in [6.07, 6.45) is 1.86. The Kier molecular flexibility index (Phi) is 7.47. The quantitative estimate of drug-likeness (QED) is 0.291. The molecule has 0 fully saturated rings. The van der Waals surface area contributed by atoms with Crippen LogP contribution in [0, 0.1) is 16.0 Å². The van der Waals surface area contributed by atoms with Crippen LogP contribution in [0.15, 0.2) is 58.7 Å². The van der Waals surface area contributed by atoms with Crippen LogP contribution in [0.1, 0.15) is 50.2 Å². The van der Waals surface area contributed by atoms with Crippen LogP contribution in [0.3, 0.4) is 0 Å². The van der Waals surface area contributed by atoms with E-state index < -0.39 is 22.7 Å². The lowest BCUT2D eigenvalue weighted by atomic mass is 9.71. The van der Waals surface area contributed by atoms with E-state index in [1.165, 1.54) is 19.2 Å². The highest BCUT2D eigenvalue weighted by Gasteiger charge is 2.43. The number of ketones is 1. The van der Waals surface area contributed by atoms with Gasteiger partial charge in [-0.3, -0.25) is 24.7 Å². The second-order valence-corrected chi connectivity index (χ2v) is 8.72. The summed E-state index contributed by atoms with van der Waals surface area (Å²) < 4.78 is 16.9. The summed E-state index contributed by atoms with van der Waals surface area (Å²) in [4.78, 5) is 41.0. The second-order valence-electron chi connectivity index (χ2n) is 8.72. The van der Waals surface area contributed by atoms with Crippen molar-refractivity contribution in [3.8, 4) is 11.5 Å². The van der Waals surface area contributed by atoms with Crippen molar-refractivity contribution in [1.29, 1.82) is 0 Å². The lowest BCUT2D eigenvalue weighted by Crippen LogP contribution is -2.37. The highest BCUT2D eigenvalue weighted by Crippen LogP contribution is 2.45. The lowest BCUT2D eigenvalue weighted by molar-refractivity contribution is -0.384. The van der Waals surface area contributed by atoms with Gasteiger partial charge >= 0.3 is 5.97 Å². The number of hydrogen-bond acceptors (Lipinski definition) is 8. The smallest absolute Gasteiger partial charge is 0.315 e. The predicted molar refractivity (Wildman–Crippen MR) is 132 cm³/mol. The highest BCUT2D eigenvalue weighted by molar-refractivity contribution is 6.08. The molecule has 0 saturated heterocycles. The maximum absolute atomic E-state index is 13.0. The number of carbonyl (C=O) groups is 2. The SMILES string of the molecule is CCOC(=O)C1C(C)=NC2=C(C(=O)CCC2)[C@H]1c1ccc(OCc2ccc([N+](=O)[O-])cc2)c(OC)c1. The molecule has 188 valence electrons. The number of esters is 1. The predicted octanol–water partition coefficient (Wildman–Crippen LogP) is 4.93. The average molecular weight is 493 g/mol. The van der Waals surface area contributed by atoms with Crippen molar-refractivity contribution in [2.45, 2.75) is 45.6 Å². The number of non-ortho nitro benzene ring substituents is 1. The molecule has 2 aromatic rings. The van der Waals surface area contributed by atoms with E-state index >= 15 is 0 Å². The molecule has 2 aliphatic rings. The maximum atomic E-state index is 13.0. The number of nitro benzene ring substituents is 1. The molecular weight excluding hydrogens is 464 g/mol. The Balaban J connectivity index is 1.66. The fourth-order valence-corrected chi connectivity index (χ4v) is 4.78. The molecule has 0 N–H and O–H groups in total. The van der Waals surface area contributed by atoms with E-state index in [2.05, 4.69) is 4.99 Å². The van der Waals surface area contributed by atoms with Crippen LogP contribution in [-0.4, -0.2) is 36.1 Å². The second kappa shape index (κ2) is 10.7. The first-order valence-corrected chi connectivity index (χ1v) is 11.9. The van der Waals surface area contributed by atoms with Crippen molar-refractivity contribution >= 4 is 23.2 Å². The molecule has 0 saturated carbocycles. The fourth-order valence-electron chi connectivity index (χ4n) is 4.78. The van der Waals surface area contributed by atoms with Crippen molar-refractivity contribution < 1.29 is 28.7 Å². The van der Waals surface area contributed by atoms with Crippen molar-refractivity contribution in [3.63, 3.8) is 0 Å². The van der Waals surface area contributed by atoms with Crippen molar-refractivity contribution in [2.24, 2.45) is 10.9 Å². The summed E-state index contributed by atoms with van der Waals surface area (Å²) in [5.74, 6) is -0.722. The Labute approximate surface area is 208 Å². The van der Waals surface area contributed by atoms with Crippen LogP contribution in [0.4, 0.5) is 5.69 Å². The van der Waals surface area contributed by atoms with Crippen LogP contribution in [0.2, 0.25) is 0 Å². The molecule has 1 unspecified atom stereocenters. The third kappa shape index (κ3) is 5.00. The number of ether oxygens (including phenoxy) is 3. The fraction of sp³-hybridized carbons (Fsp3) is 0.370. The third-order valence-corrected chi connectivity index (χ3v) is 6.46. The molecule has 36 heavy (non-hydrogen) atoms. The van der Waals surface area contributed by atoms with Crippen LogP contribution in [-0.2, 0) is 20.9 Å². The number of allylic oxidation sites excluding steroid dienone is 2. The number of benzene rings is 2. The third-order valence-electron chi connectivity index (χ3n) is 6.46. The minimum atomic E-state index is -0.706. The summed E-state index contributed by atoms with van der Waals surface area (Å²) in [6.45, 7) is 3.96. The van der Waals surface area contributed by atoms with Crippen molar-refractivity contribution in [2.75, 3.05) is 13.7 Å². The molecule has 1 aliphatic heterocycles. The Morgan fingerprint density at radius 1 is 1.14 bits per heavy atom. The largest absolute Gasteiger partial charge is 0.493 e. The number of hydrogen-bond donors (Lipinski definition) is 0. The van der Waals surface area contributed by atoms with E-state index in [1.807, 2.05) is 6.07 Å². The summed E-state index contributed by atoms with van der Waals surface area (Å²) in [7, 11) is 1.52. The highest BCUT2D eigenvalue weighted by atomic mass is 16.6. The Morgan fingerprint density at radius 2 is 1.89 bits per heavy atom. The van der Waals surface area contributed by atoms with Gasteiger partial charge in [-0.15, -0.1) is 0 Å². The van der Waals surface area contributed by atoms with Crippen LogP contribution in [0.5, 0.6) is 11.5 Å². The molecule has 0 aromatic heterocycles. The number of aliphatic imine (C=N–C) groups is 1. The van der Waals surface area contributed by atoms with Gasteiger partial charge in [-0.2, -0.15) is 0 Å². The monoisotopic (exact) mass is 492 g/mol. The number of nitrogens with zero attached hydrogens (tertiary/aromatic N) is 2. The molecule has 9 heteroatoms. The van der Waals surface area contributed by atoms with E-state index in [4.69, 9.17) is 14.2 Å². The summed E-state index contributed by atoms with van der Waals surface area (Å²) in [5, 5.41) is 10.9. The van der Waals surface area contributed by atoms with Gasteiger partial charge in [-0.05, 0) is 62.1 Å². The first-order chi connectivity index (χ1) is 17.3. The van der Waals surface area contributed by atoms with E-state index in [9.17, 15) is 19.7 Å². The average Bonchev–Trinajstić information content (AvgIpc) is 2.87. The standard InChI is InChI=1S/C27H28N2O7/c1-4-35-27(31)24-16(2)28-20-6-5-7-21(30)26(20)25(24)18-10-13-22(23(14-18)34-3)36-15-17-8-11-19(12-9-17)29(32)33/h8-14,24-25H,4-7,15H2,1-3H3/t24?,25-/m0/s1. The molecular formula is C27H28N2O7. The van der Waals surface area contributed by atoms with Crippen LogP contribution >= 0.6 is 0 Å². The van der Waals surface area contributed by atoms with Gasteiger partial charge in [0.15, 0.2) is 17.3 Å². The first-order valence-electron chi connectivity index (χ1n) is 11.9. The molecule has 0 bridgehead atoms. The summed E-state index contributed by atoms with van der Waals surface area (Å²) in [5.41, 5.74) is 3.46. The first kappa shape index (κ1) is 25.1. The number of rotatable bonds is 8. The van der Waals surface area contributed by atoms with Gasteiger partial charge in [-0.1, -0.05) is 6.07 Å². The normalized spacial score (nSPS) is 19.3. The van der Waals surface area contributed by atoms with Gasteiger partial charge in [0.25, 0.3) is 5.69 Å². The van der Waals surface area contributed by atoms with Gasteiger partial charge < -0.3 is 14.2 Å². The zero-order chi connectivity index (χ0) is 25.8. The minimum absolute atomic E-state index is 0.00395. The number of carbonyl (C=O) groups excluding carboxylic acids is 2. The number of methoxy groups -OCH3 is 1. The molecule has 1 heterocycles. The van der Waals surface area contributed by atoms with Gasteiger partial charge in [0.05, 0.1) is 18.6 Å². The molecule has 1 aliphatic carbocycles. The van der Waals surface area contributed by atoms with E-state index in [0.29, 0.717) is 35.6 Å². The van der Waals surface area contributed by atoms with E-state index in [1.54, 1.807) is 38.1 Å². The zero-order valence-electron chi connectivity index (χ0n) is 20.5. The van der Waals surface area contributed by atoms with Gasteiger partial charge in [0.1, 0.15) is 12.5 Å². The molecule has 2 aromatic carbocycles. The van der Waals surface area contributed by atoms with Crippen molar-refractivity contribution in [1.82, 2.24) is 0 Å². The number of Topliss-reactive ketones (excluding diaryl/α,β-unsaturated/α-hetero) is 1. The van der Waals surface area contributed by atoms with Gasteiger partial charge in [0, 0.05) is 41.5 Å². The summed E-state index contributed by atoms with van der Waals surface area (Å²) >= 11 is 0. The molecule has 0 spiro atoms. The van der Waals surface area contributed by atoms with E-state index in [0.717, 1.165) is 23.2 Å². The van der Waals surface area contributed by atoms with E-state index in [-0.39, 0.29) is 24.7 Å². The van der Waals surface area contributed by atoms with Gasteiger partial charge in [0.2, 0.25) is 0 Å². The van der Waals surface area contributed by atoms with Crippen LogP contribution < -0.4 is 9.47 Å². The minimum Gasteiger partial charge on any atom is -0.493 e. The van der Waals surface area contributed by atoms with Crippen LogP contribution in [0.25, 0.3) is 0 Å².